The van der Waals surface area contributed by atoms with E-state index in [2.05, 4.69) is 15.7 Å². The van der Waals surface area contributed by atoms with Gasteiger partial charge in [-0.2, -0.15) is 5.10 Å². The van der Waals surface area contributed by atoms with Crippen molar-refractivity contribution >= 4 is 17.6 Å². The normalized spacial score (nSPS) is 28.6. The lowest BCUT2D eigenvalue weighted by atomic mass is 9.71. The Hall–Kier alpha value is -2.77. The van der Waals surface area contributed by atoms with Crippen LogP contribution in [-0.4, -0.2) is 40.0 Å². The van der Waals surface area contributed by atoms with Crippen LogP contribution >= 0.6 is 0 Å². The number of benzene rings is 1. The molecule has 0 radical (unpaired) electrons. The molecular formula is C22H26F2N4O2. The zero-order chi connectivity index (χ0) is 21.6. The van der Waals surface area contributed by atoms with E-state index in [0.29, 0.717) is 23.5 Å². The maximum atomic E-state index is 14.3. The first-order valence-electron chi connectivity index (χ1n) is 10.3. The highest BCUT2D eigenvalue weighted by Gasteiger charge is 2.46. The molecule has 160 valence electrons. The third kappa shape index (κ3) is 3.59. The van der Waals surface area contributed by atoms with Crippen LogP contribution in [0.2, 0.25) is 0 Å². The summed E-state index contributed by atoms with van der Waals surface area (Å²) in [5, 5.41) is 10.1. The van der Waals surface area contributed by atoms with Crippen LogP contribution in [0.3, 0.4) is 0 Å². The van der Waals surface area contributed by atoms with Crippen LogP contribution in [0.1, 0.15) is 52.4 Å². The predicted molar refractivity (Wildman–Crippen MR) is 109 cm³/mol. The maximum Gasteiger partial charge on any atom is 0.251 e. The molecule has 2 heterocycles. The molecule has 2 unspecified atom stereocenters. The molecule has 1 aliphatic heterocycles. The van der Waals surface area contributed by atoms with E-state index in [-0.39, 0.29) is 30.6 Å². The van der Waals surface area contributed by atoms with Crippen LogP contribution in [0.4, 0.5) is 14.6 Å². The van der Waals surface area contributed by atoms with Gasteiger partial charge in [0.25, 0.3) is 5.91 Å². The molecule has 1 aromatic carbocycles. The van der Waals surface area contributed by atoms with Crippen molar-refractivity contribution in [3.63, 3.8) is 0 Å². The Kier molecular flexibility index (Phi) is 5.34. The molecule has 2 aromatic rings. The summed E-state index contributed by atoms with van der Waals surface area (Å²) in [4.78, 5) is 25.9. The van der Waals surface area contributed by atoms with Crippen molar-refractivity contribution in [3.8, 4) is 0 Å². The number of anilines is 1. The molecule has 30 heavy (non-hydrogen) atoms. The summed E-state index contributed by atoms with van der Waals surface area (Å²) in [6, 6.07) is 6.21. The number of halogens is 2. The van der Waals surface area contributed by atoms with Crippen LogP contribution in [-0.2, 0) is 11.8 Å². The van der Waals surface area contributed by atoms with E-state index >= 15 is 0 Å². The van der Waals surface area contributed by atoms with E-state index < -0.39 is 24.3 Å². The number of carbonyl (C=O) groups excluding carboxylic acids is 2. The molecule has 8 heteroatoms. The van der Waals surface area contributed by atoms with Gasteiger partial charge in [-0.05, 0) is 51.2 Å². The lowest BCUT2D eigenvalue weighted by Crippen LogP contribution is -2.53. The smallest absolute Gasteiger partial charge is 0.251 e. The van der Waals surface area contributed by atoms with Crippen molar-refractivity contribution in [2.24, 2.45) is 13.0 Å². The summed E-state index contributed by atoms with van der Waals surface area (Å²) < 4.78 is 29.7. The van der Waals surface area contributed by atoms with Gasteiger partial charge in [-0.1, -0.05) is 17.7 Å². The molecule has 0 bridgehead atoms. The molecule has 0 spiro atoms. The van der Waals surface area contributed by atoms with Gasteiger partial charge in [-0.25, -0.2) is 8.78 Å². The van der Waals surface area contributed by atoms with Gasteiger partial charge in [0.15, 0.2) is 0 Å². The molecule has 1 fully saturated rings. The standard InChI is InChI=1S/C22H26F2N4O2/c1-11-5-4-6-14(9-11)21(29)25-19-18(13-7-8-15(23)16(24)10-13)17-12(2)27-28(3)20(17)26-22(19)30/h4-6,9,13,15-16,18-19H,7-8,10H2,1-3H3,(H,25,29)(H,26,30)/t13-,15?,16?,18+,19-/m0/s1. The fraction of sp³-hybridized carbons (Fsp3) is 0.500. The van der Waals surface area contributed by atoms with E-state index in [9.17, 15) is 18.4 Å². The van der Waals surface area contributed by atoms with Crippen molar-refractivity contribution in [2.75, 3.05) is 5.32 Å². The molecule has 0 saturated heterocycles. The predicted octanol–water partition coefficient (Wildman–Crippen LogP) is 3.35. The SMILES string of the molecule is Cc1cccc(C(=O)N[C@@H]2C(=O)Nc3c(c(C)nn3C)[C@H]2[C@H]2CCC(F)C(F)C2)c1. The van der Waals surface area contributed by atoms with Gasteiger partial charge in [0.2, 0.25) is 5.91 Å². The highest BCUT2D eigenvalue weighted by atomic mass is 19.2. The van der Waals surface area contributed by atoms with Gasteiger partial charge in [0.1, 0.15) is 24.2 Å². The highest BCUT2D eigenvalue weighted by Crippen LogP contribution is 2.45. The van der Waals surface area contributed by atoms with Crippen LogP contribution in [0.5, 0.6) is 0 Å². The number of hydrogen-bond acceptors (Lipinski definition) is 3. The second kappa shape index (κ2) is 7.81. The average molecular weight is 416 g/mol. The van der Waals surface area contributed by atoms with Crippen LogP contribution in [0, 0.1) is 19.8 Å². The Balaban J connectivity index is 1.71. The van der Waals surface area contributed by atoms with Crippen molar-refractivity contribution < 1.29 is 18.4 Å². The van der Waals surface area contributed by atoms with Gasteiger partial charge in [-0.15, -0.1) is 0 Å². The molecule has 1 aromatic heterocycles. The van der Waals surface area contributed by atoms with Crippen molar-refractivity contribution in [2.45, 2.75) is 57.4 Å². The minimum absolute atomic E-state index is 0.0176. The largest absolute Gasteiger partial charge is 0.340 e. The number of aryl methyl sites for hydroxylation is 3. The summed E-state index contributed by atoms with van der Waals surface area (Å²) in [6.07, 6.45) is -2.47. The van der Waals surface area contributed by atoms with E-state index in [1.54, 1.807) is 29.9 Å². The minimum atomic E-state index is -1.57. The zero-order valence-corrected chi connectivity index (χ0v) is 17.3. The second-order valence-corrected chi connectivity index (χ2v) is 8.41. The summed E-state index contributed by atoms with van der Waals surface area (Å²) >= 11 is 0. The van der Waals surface area contributed by atoms with Crippen LogP contribution in [0.25, 0.3) is 0 Å². The Labute approximate surface area is 174 Å². The molecule has 2 N–H and O–H groups in total. The topological polar surface area (TPSA) is 76.0 Å². The zero-order valence-electron chi connectivity index (χ0n) is 17.3. The number of rotatable bonds is 3. The van der Waals surface area contributed by atoms with Gasteiger partial charge in [0.05, 0.1) is 5.69 Å². The Morgan fingerprint density at radius 2 is 2.00 bits per heavy atom. The molecule has 1 aliphatic carbocycles. The summed E-state index contributed by atoms with van der Waals surface area (Å²) in [6.45, 7) is 3.71. The number of hydrogen-bond donors (Lipinski definition) is 2. The highest BCUT2D eigenvalue weighted by molar-refractivity contribution is 6.03. The Morgan fingerprint density at radius 1 is 1.23 bits per heavy atom. The quantitative estimate of drug-likeness (QED) is 0.806. The van der Waals surface area contributed by atoms with Gasteiger partial charge in [0, 0.05) is 24.1 Å². The van der Waals surface area contributed by atoms with Gasteiger partial charge in [-0.3, -0.25) is 14.3 Å². The third-order valence-electron chi connectivity index (χ3n) is 6.29. The summed E-state index contributed by atoms with van der Waals surface area (Å²) in [5.41, 5.74) is 2.89. The lowest BCUT2D eigenvalue weighted by Gasteiger charge is -2.40. The first kappa shape index (κ1) is 20.5. The monoisotopic (exact) mass is 416 g/mol. The maximum absolute atomic E-state index is 14.3. The van der Waals surface area contributed by atoms with E-state index in [0.717, 1.165) is 11.1 Å². The number of aromatic nitrogens is 2. The van der Waals surface area contributed by atoms with Crippen molar-refractivity contribution in [1.82, 2.24) is 15.1 Å². The minimum Gasteiger partial charge on any atom is -0.340 e. The average Bonchev–Trinajstić information content (AvgIpc) is 2.98. The number of alkyl halides is 2. The van der Waals surface area contributed by atoms with Gasteiger partial charge >= 0.3 is 0 Å². The molecule has 4 rings (SSSR count). The van der Waals surface area contributed by atoms with Crippen LogP contribution < -0.4 is 10.6 Å². The summed E-state index contributed by atoms with van der Waals surface area (Å²) in [5.74, 6) is -0.926. The van der Waals surface area contributed by atoms with Gasteiger partial charge < -0.3 is 10.6 Å². The molecular weight excluding hydrogens is 390 g/mol. The van der Waals surface area contributed by atoms with Crippen molar-refractivity contribution in [1.29, 1.82) is 0 Å². The molecule has 6 nitrogen and oxygen atoms in total. The summed E-state index contributed by atoms with van der Waals surface area (Å²) in [7, 11) is 1.73. The fourth-order valence-corrected chi connectivity index (χ4v) is 4.86. The molecule has 5 atom stereocenters. The third-order valence-corrected chi connectivity index (χ3v) is 6.29. The number of carbonyl (C=O) groups is 2. The first-order chi connectivity index (χ1) is 14.3. The fourth-order valence-electron chi connectivity index (χ4n) is 4.86. The number of amides is 2. The van der Waals surface area contributed by atoms with Crippen molar-refractivity contribution in [3.05, 3.63) is 46.6 Å². The van der Waals surface area contributed by atoms with E-state index in [1.807, 2.05) is 19.9 Å². The Morgan fingerprint density at radius 3 is 2.70 bits per heavy atom. The van der Waals surface area contributed by atoms with E-state index in [4.69, 9.17) is 0 Å². The second-order valence-electron chi connectivity index (χ2n) is 8.41. The molecule has 1 saturated carbocycles. The van der Waals surface area contributed by atoms with Crippen LogP contribution in [0.15, 0.2) is 24.3 Å². The Bertz CT molecular complexity index is 990. The number of nitrogens with one attached hydrogen (secondary N) is 2. The number of fused-ring (bicyclic) bond motifs is 1. The first-order valence-corrected chi connectivity index (χ1v) is 10.3. The number of nitrogens with zero attached hydrogens (tertiary/aromatic N) is 2. The lowest BCUT2D eigenvalue weighted by molar-refractivity contribution is -0.119. The molecule has 2 aliphatic rings. The van der Waals surface area contributed by atoms with E-state index in [1.165, 1.54) is 0 Å². The molecule has 2 amide bonds.